The molecule has 1 aromatic carbocycles. The molecule has 3 N–H and O–H groups in total. The summed E-state index contributed by atoms with van der Waals surface area (Å²) < 4.78 is 158. The fourth-order valence-corrected chi connectivity index (χ4v) is 4.55. The van der Waals surface area contributed by atoms with E-state index in [2.05, 4.69) is 4.74 Å². The van der Waals surface area contributed by atoms with Gasteiger partial charge in [0, 0.05) is 6.42 Å². The van der Waals surface area contributed by atoms with Crippen molar-refractivity contribution in [2.24, 2.45) is 5.92 Å². The zero-order chi connectivity index (χ0) is 31.8. The molecule has 0 spiro atoms. The highest BCUT2D eigenvalue weighted by atomic mass is 32.2. The molecule has 41 heavy (non-hydrogen) atoms. The van der Waals surface area contributed by atoms with Crippen molar-refractivity contribution in [1.29, 1.82) is 0 Å². The van der Waals surface area contributed by atoms with E-state index in [1.54, 1.807) is 0 Å². The standard InChI is InChI=1S/C22H23F9O9S/c1-18(34,20(23,24)25)13-2-4-14(5-3-13)40-17(33)12-8-11(9-15(10-12)41(36,37)38)16(32)39-7-6-19(35,21(26,27)28)22(29,30)31/h8-10,13-14,34-35H,2-7H2,1H3,(H,36,37,38). The van der Waals surface area contributed by atoms with Crippen molar-refractivity contribution < 1.29 is 81.8 Å². The number of rotatable bonds is 8. The number of esters is 2. The van der Waals surface area contributed by atoms with E-state index in [-0.39, 0.29) is 25.7 Å². The lowest BCUT2D eigenvalue weighted by Gasteiger charge is -2.38. The van der Waals surface area contributed by atoms with Crippen LogP contribution in [0.2, 0.25) is 0 Å². The Morgan fingerprint density at radius 2 is 1.29 bits per heavy atom. The number of carbonyl (C=O) groups excluding carboxylic acids is 2. The smallest absolute Gasteiger partial charge is 0.426 e. The van der Waals surface area contributed by atoms with Gasteiger partial charge in [-0.25, -0.2) is 9.59 Å². The maximum atomic E-state index is 13.1. The fourth-order valence-electron chi connectivity index (χ4n) is 4.00. The van der Waals surface area contributed by atoms with Crippen LogP contribution < -0.4 is 0 Å². The van der Waals surface area contributed by atoms with Gasteiger partial charge in [0.05, 0.1) is 22.6 Å². The fraction of sp³-hybridized carbons (Fsp3) is 0.636. The van der Waals surface area contributed by atoms with Crippen LogP contribution in [-0.2, 0) is 19.6 Å². The maximum absolute atomic E-state index is 13.1. The van der Waals surface area contributed by atoms with Gasteiger partial charge in [0.2, 0.25) is 0 Å². The summed E-state index contributed by atoms with van der Waals surface area (Å²) in [5, 5.41) is 18.9. The summed E-state index contributed by atoms with van der Waals surface area (Å²) in [5.74, 6) is -4.32. The van der Waals surface area contributed by atoms with Crippen LogP contribution in [0.4, 0.5) is 39.5 Å². The van der Waals surface area contributed by atoms with E-state index in [1.165, 1.54) is 0 Å². The Hall–Kier alpha value is -2.64. The van der Waals surface area contributed by atoms with Gasteiger partial charge in [-0.15, -0.1) is 0 Å². The molecule has 1 unspecified atom stereocenters. The first-order chi connectivity index (χ1) is 18.3. The summed E-state index contributed by atoms with van der Waals surface area (Å²) in [7, 11) is -5.16. The van der Waals surface area contributed by atoms with Crippen molar-refractivity contribution >= 4 is 22.1 Å². The van der Waals surface area contributed by atoms with Gasteiger partial charge in [-0.2, -0.15) is 47.9 Å². The van der Waals surface area contributed by atoms with Gasteiger partial charge < -0.3 is 19.7 Å². The number of hydrogen-bond donors (Lipinski definition) is 3. The minimum absolute atomic E-state index is 0.156. The van der Waals surface area contributed by atoms with E-state index < -0.39 is 92.9 Å². The molecule has 1 aliphatic rings. The van der Waals surface area contributed by atoms with Crippen molar-refractivity contribution in [3.05, 3.63) is 29.3 Å². The molecule has 1 saturated carbocycles. The average Bonchev–Trinajstić information content (AvgIpc) is 2.81. The van der Waals surface area contributed by atoms with E-state index in [4.69, 9.17) is 9.84 Å². The molecule has 0 aliphatic heterocycles. The van der Waals surface area contributed by atoms with Crippen LogP contribution in [0.1, 0.15) is 59.7 Å². The molecule has 1 aliphatic carbocycles. The summed E-state index contributed by atoms with van der Waals surface area (Å²) in [6, 6.07) is 1.48. The molecular formula is C22H23F9O9S. The summed E-state index contributed by atoms with van der Waals surface area (Å²) in [4.78, 5) is 23.8. The molecule has 1 aromatic rings. The van der Waals surface area contributed by atoms with Gasteiger partial charge in [-0.1, -0.05) is 0 Å². The van der Waals surface area contributed by atoms with E-state index >= 15 is 0 Å². The predicted octanol–water partition coefficient (Wildman–Crippen LogP) is 4.36. The molecule has 1 fully saturated rings. The van der Waals surface area contributed by atoms with E-state index in [0.29, 0.717) is 25.1 Å². The second kappa shape index (κ2) is 11.6. The Bertz CT molecular complexity index is 1220. The number of alkyl halides is 9. The Labute approximate surface area is 226 Å². The van der Waals surface area contributed by atoms with E-state index in [9.17, 15) is 67.2 Å². The lowest BCUT2D eigenvalue weighted by molar-refractivity contribution is -0.371. The number of carbonyl (C=O) groups is 2. The molecule has 234 valence electrons. The summed E-state index contributed by atoms with van der Waals surface area (Å²) in [6.07, 6.45) is -21.3. The highest BCUT2D eigenvalue weighted by molar-refractivity contribution is 7.85. The number of ether oxygens (including phenoxy) is 2. The monoisotopic (exact) mass is 634 g/mol. The first-order valence-electron chi connectivity index (χ1n) is 11.5. The van der Waals surface area contributed by atoms with Crippen LogP contribution in [0.25, 0.3) is 0 Å². The lowest BCUT2D eigenvalue weighted by Crippen LogP contribution is -2.57. The van der Waals surface area contributed by atoms with Gasteiger partial charge in [-0.3, -0.25) is 4.55 Å². The molecule has 0 amide bonds. The zero-order valence-electron chi connectivity index (χ0n) is 20.7. The second-order valence-corrected chi connectivity index (χ2v) is 10.9. The van der Waals surface area contributed by atoms with Crippen molar-refractivity contribution in [2.75, 3.05) is 6.61 Å². The maximum Gasteiger partial charge on any atom is 0.426 e. The third-order valence-corrected chi connectivity index (χ3v) is 7.46. The molecule has 0 heterocycles. The van der Waals surface area contributed by atoms with Crippen LogP contribution in [0, 0.1) is 5.92 Å². The lowest BCUT2D eigenvalue weighted by atomic mass is 9.76. The van der Waals surface area contributed by atoms with Crippen LogP contribution in [-0.4, -0.2) is 77.6 Å². The molecule has 0 saturated heterocycles. The number of hydrogen-bond acceptors (Lipinski definition) is 8. The van der Waals surface area contributed by atoms with Gasteiger partial charge in [-0.05, 0) is 56.7 Å². The average molecular weight is 634 g/mol. The Balaban J connectivity index is 2.19. The zero-order valence-corrected chi connectivity index (χ0v) is 21.5. The third-order valence-electron chi connectivity index (χ3n) is 6.63. The Kier molecular flexibility index (Phi) is 9.75. The van der Waals surface area contributed by atoms with Crippen LogP contribution >= 0.6 is 0 Å². The van der Waals surface area contributed by atoms with Crippen LogP contribution in [0.3, 0.4) is 0 Å². The molecule has 0 bridgehead atoms. The summed E-state index contributed by atoms with van der Waals surface area (Å²) in [5.41, 5.74) is -9.95. The third kappa shape index (κ3) is 7.81. The number of halogens is 9. The first kappa shape index (κ1) is 34.6. The quantitative estimate of drug-likeness (QED) is 0.216. The normalized spacial score (nSPS) is 20.7. The minimum Gasteiger partial charge on any atom is -0.462 e. The highest BCUT2D eigenvalue weighted by Crippen LogP contribution is 2.45. The number of aliphatic hydroxyl groups is 2. The topological polar surface area (TPSA) is 147 Å². The van der Waals surface area contributed by atoms with Gasteiger partial charge in [0.1, 0.15) is 6.10 Å². The molecular weight excluding hydrogens is 611 g/mol. The molecule has 9 nitrogen and oxygen atoms in total. The minimum atomic E-state index is -6.21. The second-order valence-electron chi connectivity index (χ2n) is 9.49. The summed E-state index contributed by atoms with van der Waals surface area (Å²) >= 11 is 0. The first-order valence-corrected chi connectivity index (χ1v) is 12.9. The summed E-state index contributed by atoms with van der Waals surface area (Å²) in [6.45, 7) is -1.08. The van der Waals surface area contributed by atoms with Gasteiger partial charge >= 0.3 is 30.5 Å². The molecule has 0 radical (unpaired) electrons. The largest absolute Gasteiger partial charge is 0.462 e. The molecule has 19 heteroatoms. The Morgan fingerprint density at radius 1 is 0.829 bits per heavy atom. The molecule has 0 aromatic heterocycles. The van der Waals surface area contributed by atoms with Crippen molar-refractivity contribution in [3.8, 4) is 0 Å². The van der Waals surface area contributed by atoms with Crippen LogP contribution in [0.15, 0.2) is 23.1 Å². The van der Waals surface area contributed by atoms with E-state index in [0.717, 1.165) is 0 Å². The van der Waals surface area contributed by atoms with Crippen LogP contribution in [0.5, 0.6) is 0 Å². The van der Waals surface area contributed by atoms with Gasteiger partial charge in [0.25, 0.3) is 15.7 Å². The predicted molar refractivity (Wildman–Crippen MR) is 116 cm³/mol. The van der Waals surface area contributed by atoms with Crippen molar-refractivity contribution in [2.45, 2.75) is 79.8 Å². The molecule has 1 atom stereocenters. The highest BCUT2D eigenvalue weighted by Gasteiger charge is 2.70. The Morgan fingerprint density at radius 3 is 1.71 bits per heavy atom. The number of benzene rings is 1. The SMILES string of the molecule is CC(O)(C1CCC(OC(=O)c2cc(C(=O)OCCC(O)(C(F)(F)F)C(F)(F)F)cc(S(=O)(=O)O)c2)CC1)C(F)(F)F. The van der Waals surface area contributed by atoms with Crippen molar-refractivity contribution in [3.63, 3.8) is 0 Å². The van der Waals surface area contributed by atoms with Crippen molar-refractivity contribution in [1.82, 2.24) is 0 Å². The van der Waals surface area contributed by atoms with E-state index in [1.807, 2.05) is 0 Å². The molecule has 2 rings (SSSR count). The van der Waals surface area contributed by atoms with Gasteiger partial charge in [0.15, 0.2) is 5.60 Å².